The van der Waals surface area contributed by atoms with Gasteiger partial charge in [-0.2, -0.15) is 0 Å². The first kappa shape index (κ1) is 13.2. The van der Waals surface area contributed by atoms with Gasteiger partial charge in [-0.1, -0.05) is 19.3 Å². The zero-order valence-corrected chi connectivity index (χ0v) is 11.2. The quantitative estimate of drug-likeness (QED) is 0.763. The molecule has 0 spiro atoms. The van der Waals surface area contributed by atoms with Crippen molar-refractivity contribution in [2.45, 2.75) is 45.1 Å². The second-order valence-electron chi connectivity index (χ2n) is 5.28. The standard InChI is InChI=1S/C13H23N3O2/c1-11(17)15-7-9-16(10-8-15)13(18)14-12-5-3-2-4-6-12/h12H,2-10H2,1H3,(H,14,18). The minimum absolute atomic E-state index is 0.0464. The lowest BCUT2D eigenvalue weighted by Crippen LogP contribution is -2.54. The van der Waals surface area contributed by atoms with Gasteiger partial charge in [0, 0.05) is 39.1 Å². The average molecular weight is 253 g/mol. The highest BCUT2D eigenvalue weighted by Gasteiger charge is 2.24. The van der Waals surface area contributed by atoms with Gasteiger partial charge in [-0.15, -0.1) is 0 Å². The van der Waals surface area contributed by atoms with Gasteiger partial charge in [0.1, 0.15) is 0 Å². The first-order chi connectivity index (χ1) is 8.66. The molecule has 1 saturated heterocycles. The number of carbonyl (C=O) groups is 2. The Morgan fingerprint density at radius 1 is 0.944 bits per heavy atom. The Hall–Kier alpha value is -1.26. The zero-order chi connectivity index (χ0) is 13.0. The Balaban J connectivity index is 1.75. The highest BCUT2D eigenvalue weighted by atomic mass is 16.2. The molecule has 5 nitrogen and oxygen atoms in total. The van der Waals surface area contributed by atoms with Crippen LogP contribution in [-0.4, -0.2) is 54.0 Å². The summed E-state index contributed by atoms with van der Waals surface area (Å²) in [4.78, 5) is 26.9. The van der Waals surface area contributed by atoms with Gasteiger partial charge in [-0.05, 0) is 12.8 Å². The third kappa shape index (κ3) is 3.37. The summed E-state index contributed by atoms with van der Waals surface area (Å²) < 4.78 is 0. The molecule has 1 saturated carbocycles. The molecule has 2 fully saturated rings. The molecule has 2 rings (SSSR count). The van der Waals surface area contributed by atoms with E-state index in [2.05, 4.69) is 5.32 Å². The van der Waals surface area contributed by atoms with Crippen LogP contribution in [0.3, 0.4) is 0 Å². The van der Waals surface area contributed by atoms with Crippen LogP contribution in [0.25, 0.3) is 0 Å². The molecule has 0 aromatic rings. The van der Waals surface area contributed by atoms with Crippen LogP contribution in [0.15, 0.2) is 0 Å². The fourth-order valence-corrected chi connectivity index (χ4v) is 2.74. The summed E-state index contributed by atoms with van der Waals surface area (Å²) >= 11 is 0. The Morgan fingerprint density at radius 3 is 2.06 bits per heavy atom. The molecule has 3 amide bonds. The van der Waals surface area contributed by atoms with Crippen molar-refractivity contribution in [3.8, 4) is 0 Å². The van der Waals surface area contributed by atoms with Gasteiger partial charge in [-0.25, -0.2) is 4.79 Å². The van der Waals surface area contributed by atoms with Gasteiger partial charge in [0.25, 0.3) is 0 Å². The number of nitrogens with one attached hydrogen (secondary N) is 1. The van der Waals surface area contributed by atoms with Crippen molar-refractivity contribution < 1.29 is 9.59 Å². The molecule has 1 N–H and O–H groups in total. The third-order valence-electron chi connectivity index (χ3n) is 3.94. The van der Waals surface area contributed by atoms with Crippen molar-refractivity contribution in [3.63, 3.8) is 0 Å². The average Bonchev–Trinajstić information content (AvgIpc) is 2.40. The molecule has 0 aromatic heterocycles. The Labute approximate surface area is 108 Å². The summed E-state index contributed by atoms with van der Waals surface area (Å²) in [7, 11) is 0. The molecule has 0 aromatic carbocycles. The Bertz CT molecular complexity index is 305. The Kier molecular flexibility index (Phi) is 4.44. The highest BCUT2D eigenvalue weighted by molar-refractivity contribution is 5.76. The van der Waals surface area contributed by atoms with E-state index in [1.165, 1.54) is 19.3 Å². The van der Waals surface area contributed by atoms with Crippen LogP contribution in [0.5, 0.6) is 0 Å². The second-order valence-corrected chi connectivity index (χ2v) is 5.28. The number of hydrogen-bond acceptors (Lipinski definition) is 2. The monoisotopic (exact) mass is 253 g/mol. The molecule has 1 aliphatic heterocycles. The van der Waals surface area contributed by atoms with Gasteiger partial charge in [0.05, 0.1) is 0 Å². The number of amides is 3. The lowest BCUT2D eigenvalue weighted by Gasteiger charge is -2.35. The molecule has 0 bridgehead atoms. The van der Waals surface area contributed by atoms with E-state index in [0.29, 0.717) is 32.2 Å². The number of carbonyl (C=O) groups excluding carboxylic acids is 2. The van der Waals surface area contributed by atoms with E-state index < -0.39 is 0 Å². The van der Waals surface area contributed by atoms with E-state index in [-0.39, 0.29) is 11.9 Å². The normalized spacial score (nSPS) is 21.8. The SMILES string of the molecule is CC(=O)N1CCN(C(=O)NC2CCCCC2)CC1. The molecular formula is C13H23N3O2. The summed E-state index contributed by atoms with van der Waals surface area (Å²) in [5, 5.41) is 3.12. The summed E-state index contributed by atoms with van der Waals surface area (Å²) in [6.45, 7) is 4.20. The van der Waals surface area contributed by atoms with Gasteiger partial charge in [-0.3, -0.25) is 4.79 Å². The van der Waals surface area contributed by atoms with E-state index in [1.54, 1.807) is 11.8 Å². The van der Waals surface area contributed by atoms with Crippen LogP contribution < -0.4 is 5.32 Å². The first-order valence-electron chi connectivity index (χ1n) is 6.98. The van der Waals surface area contributed by atoms with Crippen molar-refractivity contribution in [1.29, 1.82) is 0 Å². The van der Waals surface area contributed by atoms with Crippen molar-refractivity contribution in [1.82, 2.24) is 15.1 Å². The highest BCUT2D eigenvalue weighted by Crippen LogP contribution is 2.17. The fraction of sp³-hybridized carbons (Fsp3) is 0.846. The number of rotatable bonds is 1. The van der Waals surface area contributed by atoms with Crippen LogP contribution in [0.1, 0.15) is 39.0 Å². The maximum absolute atomic E-state index is 12.1. The molecule has 0 unspecified atom stereocenters. The summed E-state index contributed by atoms with van der Waals surface area (Å²) in [5.41, 5.74) is 0. The van der Waals surface area contributed by atoms with Crippen molar-refractivity contribution >= 4 is 11.9 Å². The van der Waals surface area contributed by atoms with Crippen LogP contribution in [0.4, 0.5) is 4.79 Å². The second kappa shape index (κ2) is 6.07. The minimum Gasteiger partial charge on any atom is -0.339 e. The van der Waals surface area contributed by atoms with Crippen molar-refractivity contribution in [3.05, 3.63) is 0 Å². The molecule has 1 aliphatic carbocycles. The lowest BCUT2D eigenvalue weighted by molar-refractivity contribution is -0.130. The topological polar surface area (TPSA) is 52.7 Å². The van der Waals surface area contributed by atoms with E-state index in [0.717, 1.165) is 12.8 Å². The third-order valence-corrected chi connectivity index (χ3v) is 3.94. The lowest BCUT2D eigenvalue weighted by atomic mass is 9.96. The molecule has 5 heteroatoms. The van der Waals surface area contributed by atoms with Crippen molar-refractivity contribution in [2.24, 2.45) is 0 Å². The van der Waals surface area contributed by atoms with Gasteiger partial charge < -0.3 is 15.1 Å². The number of urea groups is 1. The van der Waals surface area contributed by atoms with Gasteiger partial charge in [0.15, 0.2) is 0 Å². The number of piperazine rings is 1. The van der Waals surface area contributed by atoms with E-state index in [4.69, 9.17) is 0 Å². The van der Waals surface area contributed by atoms with Crippen LogP contribution >= 0.6 is 0 Å². The van der Waals surface area contributed by atoms with E-state index in [9.17, 15) is 9.59 Å². The molecule has 102 valence electrons. The molecule has 2 aliphatic rings. The molecule has 0 atom stereocenters. The largest absolute Gasteiger partial charge is 0.339 e. The van der Waals surface area contributed by atoms with E-state index in [1.807, 2.05) is 4.90 Å². The van der Waals surface area contributed by atoms with Gasteiger partial charge >= 0.3 is 6.03 Å². The molecular weight excluding hydrogens is 230 g/mol. The molecule has 18 heavy (non-hydrogen) atoms. The fourth-order valence-electron chi connectivity index (χ4n) is 2.74. The predicted octanol–water partition coefficient (Wildman–Crippen LogP) is 1.19. The molecule has 0 radical (unpaired) electrons. The molecule has 1 heterocycles. The van der Waals surface area contributed by atoms with Crippen LogP contribution in [0.2, 0.25) is 0 Å². The summed E-state index contributed by atoms with van der Waals surface area (Å²) in [6.07, 6.45) is 5.97. The van der Waals surface area contributed by atoms with Gasteiger partial charge in [0.2, 0.25) is 5.91 Å². The smallest absolute Gasteiger partial charge is 0.317 e. The number of nitrogens with zero attached hydrogens (tertiary/aromatic N) is 2. The van der Waals surface area contributed by atoms with Crippen molar-refractivity contribution in [2.75, 3.05) is 26.2 Å². The zero-order valence-electron chi connectivity index (χ0n) is 11.2. The van der Waals surface area contributed by atoms with E-state index >= 15 is 0 Å². The van der Waals surface area contributed by atoms with Crippen LogP contribution in [-0.2, 0) is 4.79 Å². The number of hydrogen-bond donors (Lipinski definition) is 1. The maximum atomic E-state index is 12.1. The van der Waals surface area contributed by atoms with Crippen LogP contribution in [0, 0.1) is 0 Å². The summed E-state index contributed by atoms with van der Waals surface area (Å²) in [5.74, 6) is 0.0994. The minimum atomic E-state index is 0.0464. The first-order valence-corrected chi connectivity index (χ1v) is 6.98. The summed E-state index contributed by atoms with van der Waals surface area (Å²) in [6, 6.07) is 0.405. The Morgan fingerprint density at radius 2 is 1.50 bits per heavy atom. The maximum Gasteiger partial charge on any atom is 0.317 e. The predicted molar refractivity (Wildman–Crippen MR) is 69.2 cm³/mol.